The second-order valence-corrected chi connectivity index (χ2v) is 6.50. The van der Waals surface area contributed by atoms with Crippen molar-refractivity contribution in [1.82, 2.24) is 10.2 Å². The first kappa shape index (κ1) is 16.3. The van der Waals surface area contributed by atoms with E-state index in [-0.39, 0.29) is 5.92 Å². The molecule has 6 heteroatoms. The third-order valence-electron chi connectivity index (χ3n) is 4.37. The summed E-state index contributed by atoms with van der Waals surface area (Å²) in [6, 6.07) is 10.2. The summed E-state index contributed by atoms with van der Waals surface area (Å²) in [6.07, 6.45) is 3.52. The highest BCUT2D eigenvalue weighted by Crippen LogP contribution is 2.46. The maximum absolute atomic E-state index is 9.87. The van der Waals surface area contributed by atoms with E-state index in [1.165, 1.54) is 0 Å². The normalized spacial score (nSPS) is 16.5. The second kappa shape index (κ2) is 6.51. The average molecular weight is 382 g/mol. The molecule has 1 unspecified atom stereocenters. The van der Waals surface area contributed by atoms with E-state index in [9.17, 15) is 10.5 Å². The number of fused-ring (bicyclic) bond motifs is 1. The quantitative estimate of drug-likeness (QED) is 0.863. The number of nitrogens with one attached hydrogen (secondary N) is 1. The molecule has 2 heterocycles. The summed E-state index contributed by atoms with van der Waals surface area (Å²) in [7, 11) is 1.95. The minimum atomic E-state index is -0.232. The van der Waals surface area contributed by atoms with Crippen LogP contribution < -0.4 is 4.90 Å². The first-order valence-corrected chi connectivity index (χ1v) is 8.51. The van der Waals surface area contributed by atoms with E-state index in [1.807, 2.05) is 24.1 Å². The minimum absolute atomic E-state index is 0.232. The second-order valence-electron chi connectivity index (χ2n) is 5.71. The van der Waals surface area contributed by atoms with Crippen molar-refractivity contribution < 1.29 is 0 Å². The molecular weight excluding hydrogens is 366 g/mol. The Balaban J connectivity index is 2.29. The molecule has 1 aromatic heterocycles. The first-order valence-electron chi connectivity index (χ1n) is 7.72. The molecule has 5 nitrogen and oxygen atoms in total. The van der Waals surface area contributed by atoms with Gasteiger partial charge in [0, 0.05) is 22.8 Å². The van der Waals surface area contributed by atoms with Crippen LogP contribution in [0, 0.1) is 22.7 Å². The van der Waals surface area contributed by atoms with Crippen molar-refractivity contribution in [2.45, 2.75) is 25.7 Å². The molecule has 1 aliphatic heterocycles. The van der Waals surface area contributed by atoms with Crippen LogP contribution in [0.3, 0.4) is 0 Å². The topological polar surface area (TPSA) is 79.5 Å². The fraction of sp³-hybridized carbons (Fsp3) is 0.278. The highest BCUT2D eigenvalue weighted by Gasteiger charge is 2.34. The monoisotopic (exact) mass is 381 g/mol. The van der Waals surface area contributed by atoms with Gasteiger partial charge in [-0.2, -0.15) is 15.6 Å². The maximum Gasteiger partial charge on any atom is 0.132 e. The van der Waals surface area contributed by atoms with Gasteiger partial charge in [-0.15, -0.1) is 0 Å². The van der Waals surface area contributed by atoms with Crippen LogP contribution in [-0.4, -0.2) is 17.2 Å². The molecule has 1 N–H and O–H groups in total. The van der Waals surface area contributed by atoms with E-state index < -0.39 is 0 Å². The van der Waals surface area contributed by atoms with E-state index >= 15 is 0 Å². The Kier molecular flexibility index (Phi) is 4.42. The summed E-state index contributed by atoms with van der Waals surface area (Å²) < 4.78 is 0.734. The van der Waals surface area contributed by atoms with Crippen molar-refractivity contribution >= 4 is 21.7 Å². The summed E-state index contributed by atoms with van der Waals surface area (Å²) in [4.78, 5) is 2.02. The summed E-state index contributed by atoms with van der Waals surface area (Å²) in [5.74, 6) is 0.667. The number of allylic oxidation sites excluding steroid dienone is 2. The lowest BCUT2D eigenvalue weighted by atomic mass is 9.81. The number of rotatable bonds is 3. The van der Waals surface area contributed by atoms with Gasteiger partial charge < -0.3 is 4.90 Å². The molecule has 0 saturated heterocycles. The van der Waals surface area contributed by atoms with Crippen molar-refractivity contribution in [3.8, 4) is 12.1 Å². The Bertz CT molecular complexity index is 897. The number of benzene rings is 1. The number of nitrogens with zero attached hydrogens (tertiary/aromatic N) is 4. The number of hydrogen-bond donors (Lipinski definition) is 1. The van der Waals surface area contributed by atoms with Crippen LogP contribution in [0.15, 0.2) is 40.1 Å². The van der Waals surface area contributed by atoms with E-state index in [4.69, 9.17) is 0 Å². The number of halogens is 1. The van der Waals surface area contributed by atoms with Gasteiger partial charge in [0.2, 0.25) is 0 Å². The third kappa shape index (κ3) is 2.40. The van der Waals surface area contributed by atoms with Crippen LogP contribution in [0.25, 0.3) is 0 Å². The Hall–Kier alpha value is -2.57. The standard InChI is InChI=1S/C18H16BrN5/c1-3-5-15-13(9-21)16(14-10-22-23-18(14)24(15)2)12-7-4-6-11(8-20)17(12)19/h4,6-7,10,16H,3,5H2,1-2H3,(H,22,23). The third-order valence-corrected chi connectivity index (χ3v) is 5.25. The molecule has 0 spiro atoms. The summed E-state index contributed by atoms with van der Waals surface area (Å²) in [5.41, 5.74) is 4.13. The van der Waals surface area contributed by atoms with Crippen LogP contribution in [0.4, 0.5) is 5.82 Å². The number of nitriles is 2. The smallest absolute Gasteiger partial charge is 0.132 e. The zero-order valence-corrected chi connectivity index (χ0v) is 15.1. The molecule has 0 aliphatic carbocycles. The highest BCUT2D eigenvalue weighted by atomic mass is 79.9. The lowest BCUT2D eigenvalue weighted by molar-refractivity contribution is 0.789. The molecule has 3 rings (SSSR count). The van der Waals surface area contributed by atoms with Crippen molar-refractivity contribution in [2.24, 2.45) is 0 Å². The molecule has 1 aromatic carbocycles. The van der Waals surface area contributed by atoms with Crippen LogP contribution in [0.5, 0.6) is 0 Å². The average Bonchev–Trinajstić information content (AvgIpc) is 3.07. The Labute approximate surface area is 149 Å². The molecule has 1 atom stereocenters. The van der Waals surface area contributed by atoms with Gasteiger partial charge in [0.1, 0.15) is 11.9 Å². The van der Waals surface area contributed by atoms with Gasteiger partial charge >= 0.3 is 0 Å². The van der Waals surface area contributed by atoms with E-state index in [0.29, 0.717) is 11.1 Å². The Morgan fingerprint density at radius 3 is 2.75 bits per heavy atom. The molecule has 0 amide bonds. The Morgan fingerprint density at radius 2 is 2.08 bits per heavy atom. The van der Waals surface area contributed by atoms with Gasteiger partial charge in [0.05, 0.1) is 29.3 Å². The predicted molar refractivity (Wildman–Crippen MR) is 95.2 cm³/mol. The number of anilines is 1. The summed E-state index contributed by atoms with van der Waals surface area (Å²) in [6.45, 7) is 2.10. The molecule has 120 valence electrons. The molecular formula is C18H16BrN5. The fourth-order valence-corrected chi connectivity index (χ4v) is 3.84. The molecule has 0 bridgehead atoms. The lowest BCUT2D eigenvalue weighted by Crippen LogP contribution is -2.27. The van der Waals surface area contributed by atoms with Crippen molar-refractivity contribution in [1.29, 1.82) is 10.5 Å². The molecule has 2 aromatic rings. The van der Waals surface area contributed by atoms with E-state index in [2.05, 4.69) is 45.2 Å². The van der Waals surface area contributed by atoms with Crippen LogP contribution in [0.2, 0.25) is 0 Å². The zero-order chi connectivity index (χ0) is 17.3. The van der Waals surface area contributed by atoms with Crippen LogP contribution in [0.1, 0.15) is 42.4 Å². The molecule has 24 heavy (non-hydrogen) atoms. The number of hydrogen-bond acceptors (Lipinski definition) is 4. The molecule has 0 radical (unpaired) electrons. The van der Waals surface area contributed by atoms with Gasteiger partial charge in [0.25, 0.3) is 0 Å². The van der Waals surface area contributed by atoms with E-state index in [0.717, 1.165) is 40.0 Å². The minimum Gasteiger partial charge on any atom is -0.332 e. The molecule has 0 fully saturated rings. The van der Waals surface area contributed by atoms with E-state index in [1.54, 1.807) is 12.3 Å². The zero-order valence-electron chi connectivity index (χ0n) is 13.5. The molecule has 0 saturated carbocycles. The van der Waals surface area contributed by atoms with Crippen molar-refractivity contribution in [2.75, 3.05) is 11.9 Å². The fourth-order valence-electron chi connectivity index (χ4n) is 3.26. The van der Waals surface area contributed by atoms with Gasteiger partial charge in [-0.25, -0.2) is 0 Å². The largest absolute Gasteiger partial charge is 0.332 e. The number of aromatic amines is 1. The number of aromatic nitrogens is 2. The summed E-state index contributed by atoms with van der Waals surface area (Å²) >= 11 is 3.55. The van der Waals surface area contributed by atoms with Gasteiger partial charge in [-0.3, -0.25) is 5.10 Å². The van der Waals surface area contributed by atoms with Crippen LogP contribution >= 0.6 is 15.9 Å². The van der Waals surface area contributed by atoms with Gasteiger partial charge in [-0.1, -0.05) is 25.5 Å². The molecule has 1 aliphatic rings. The first-order chi connectivity index (χ1) is 11.6. The van der Waals surface area contributed by atoms with Crippen molar-refractivity contribution in [3.05, 3.63) is 56.8 Å². The van der Waals surface area contributed by atoms with Gasteiger partial charge in [-0.05, 0) is 34.0 Å². The number of H-pyrrole nitrogens is 1. The van der Waals surface area contributed by atoms with Crippen molar-refractivity contribution in [3.63, 3.8) is 0 Å². The lowest BCUT2D eigenvalue weighted by Gasteiger charge is -2.33. The highest BCUT2D eigenvalue weighted by molar-refractivity contribution is 9.10. The SMILES string of the molecule is CCCC1=C(C#N)C(c2cccc(C#N)c2Br)c2cn[nH]c2N1C. The van der Waals surface area contributed by atoms with Gasteiger partial charge in [0.15, 0.2) is 0 Å². The van der Waals surface area contributed by atoms with Crippen LogP contribution in [-0.2, 0) is 0 Å². The predicted octanol–water partition coefficient (Wildman–Crippen LogP) is 4.20. The Morgan fingerprint density at radius 1 is 1.29 bits per heavy atom. The summed E-state index contributed by atoms with van der Waals surface area (Å²) in [5, 5.41) is 26.4. The maximum atomic E-state index is 9.87.